The average molecular weight is 356 g/mol. The van der Waals surface area contributed by atoms with Crippen molar-refractivity contribution in [3.05, 3.63) is 34.4 Å². The van der Waals surface area contributed by atoms with Gasteiger partial charge in [0.05, 0.1) is 11.7 Å². The number of aliphatic hydroxyl groups excluding tert-OH is 1. The van der Waals surface area contributed by atoms with Crippen LogP contribution in [0.3, 0.4) is 0 Å². The van der Waals surface area contributed by atoms with Crippen LogP contribution < -0.4 is 0 Å². The minimum absolute atomic E-state index is 0.00222. The zero-order valence-corrected chi connectivity index (χ0v) is 14.6. The fraction of sp³-hybridized carbons (Fsp3) is 0.611. The molecule has 0 spiro atoms. The number of amides is 1. The standard InChI is InChI=1S/C18H23F3N2O2/c1-10(2)23-9-15-14(17(23)25)6-12(7-16(15)18(19,20)21)11(3)22-5-4-13(24)8-22/h6-7,10-11,13,24H,4-5,8-9H2,1-3H3. The quantitative estimate of drug-likeness (QED) is 0.905. The molecule has 0 saturated carbocycles. The third-order valence-corrected chi connectivity index (χ3v) is 5.25. The largest absolute Gasteiger partial charge is 0.416 e. The number of aliphatic hydroxyl groups is 1. The summed E-state index contributed by atoms with van der Waals surface area (Å²) in [6, 6.07) is 2.33. The van der Waals surface area contributed by atoms with E-state index in [-0.39, 0.29) is 35.7 Å². The van der Waals surface area contributed by atoms with Gasteiger partial charge in [-0.25, -0.2) is 0 Å². The lowest BCUT2D eigenvalue weighted by molar-refractivity contribution is -0.138. The summed E-state index contributed by atoms with van der Waals surface area (Å²) >= 11 is 0. The first-order valence-electron chi connectivity index (χ1n) is 8.56. The van der Waals surface area contributed by atoms with Crippen molar-refractivity contribution >= 4 is 5.91 Å². The first-order valence-corrected chi connectivity index (χ1v) is 8.56. The van der Waals surface area contributed by atoms with E-state index in [1.165, 1.54) is 11.0 Å². The lowest BCUT2D eigenvalue weighted by Gasteiger charge is -2.25. The van der Waals surface area contributed by atoms with Crippen molar-refractivity contribution in [1.29, 1.82) is 0 Å². The normalized spacial score (nSPS) is 22.8. The van der Waals surface area contributed by atoms with Crippen molar-refractivity contribution in [2.45, 2.75) is 58.1 Å². The van der Waals surface area contributed by atoms with Gasteiger partial charge in [-0.05, 0) is 50.5 Å². The maximum absolute atomic E-state index is 13.6. The number of halogens is 3. The molecule has 4 nitrogen and oxygen atoms in total. The van der Waals surface area contributed by atoms with Crippen molar-refractivity contribution < 1.29 is 23.1 Å². The van der Waals surface area contributed by atoms with Crippen LogP contribution >= 0.6 is 0 Å². The molecule has 1 aromatic carbocycles. The molecule has 0 bridgehead atoms. The predicted octanol–water partition coefficient (Wildman–Crippen LogP) is 3.20. The Morgan fingerprint density at radius 2 is 1.92 bits per heavy atom. The summed E-state index contributed by atoms with van der Waals surface area (Å²) in [5.41, 5.74) is -0.0176. The molecule has 0 radical (unpaired) electrons. The summed E-state index contributed by atoms with van der Waals surface area (Å²) < 4.78 is 40.8. The molecule has 1 aromatic rings. The highest BCUT2D eigenvalue weighted by molar-refractivity contribution is 5.99. The molecule has 138 valence electrons. The number of likely N-dealkylation sites (tertiary alicyclic amines) is 1. The monoisotopic (exact) mass is 356 g/mol. The smallest absolute Gasteiger partial charge is 0.392 e. The number of fused-ring (bicyclic) bond motifs is 1. The molecule has 2 aliphatic rings. The SMILES string of the molecule is CC(c1cc2c(c(C(F)(F)F)c1)CN(C(C)C)C2=O)N1CCC(O)C1. The lowest BCUT2D eigenvalue weighted by Crippen LogP contribution is -2.30. The van der Waals surface area contributed by atoms with Crippen molar-refractivity contribution in [3.8, 4) is 0 Å². The Morgan fingerprint density at radius 3 is 2.44 bits per heavy atom. The second kappa shape index (κ2) is 6.29. The van der Waals surface area contributed by atoms with Crippen LogP contribution in [0.25, 0.3) is 0 Å². The Labute approximate surface area is 145 Å². The van der Waals surface area contributed by atoms with E-state index in [1.54, 1.807) is 19.9 Å². The van der Waals surface area contributed by atoms with E-state index in [0.29, 0.717) is 25.1 Å². The molecule has 7 heteroatoms. The van der Waals surface area contributed by atoms with Crippen LogP contribution in [-0.4, -0.2) is 46.0 Å². The maximum Gasteiger partial charge on any atom is 0.416 e. The van der Waals surface area contributed by atoms with Gasteiger partial charge in [0.1, 0.15) is 0 Å². The number of rotatable bonds is 3. The van der Waals surface area contributed by atoms with Gasteiger partial charge in [-0.3, -0.25) is 9.69 Å². The third kappa shape index (κ3) is 3.27. The second-order valence-electron chi connectivity index (χ2n) is 7.23. The number of alkyl halides is 3. The van der Waals surface area contributed by atoms with Crippen LogP contribution in [0, 0.1) is 0 Å². The van der Waals surface area contributed by atoms with Gasteiger partial charge < -0.3 is 10.0 Å². The Kier molecular flexibility index (Phi) is 4.58. The topological polar surface area (TPSA) is 43.8 Å². The van der Waals surface area contributed by atoms with E-state index >= 15 is 0 Å². The second-order valence-corrected chi connectivity index (χ2v) is 7.23. The van der Waals surface area contributed by atoms with Crippen molar-refractivity contribution in [1.82, 2.24) is 9.80 Å². The summed E-state index contributed by atoms with van der Waals surface area (Å²) in [6.45, 7) is 6.48. The van der Waals surface area contributed by atoms with Gasteiger partial charge in [-0.2, -0.15) is 13.2 Å². The molecule has 2 unspecified atom stereocenters. The third-order valence-electron chi connectivity index (χ3n) is 5.25. The first kappa shape index (κ1) is 18.2. The highest BCUT2D eigenvalue weighted by atomic mass is 19.4. The van der Waals surface area contributed by atoms with Crippen LogP contribution in [0.1, 0.15) is 60.3 Å². The lowest BCUT2D eigenvalue weighted by atomic mass is 9.95. The molecule has 2 atom stereocenters. The molecule has 1 N–H and O–H groups in total. The van der Waals surface area contributed by atoms with Crippen LogP contribution in [0.4, 0.5) is 13.2 Å². The number of nitrogens with zero attached hydrogens (tertiary/aromatic N) is 2. The Balaban J connectivity index is 2.04. The summed E-state index contributed by atoms with van der Waals surface area (Å²) in [5, 5.41) is 9.69. The molecule has 1 fully saturated rings. The number of benzene rings is 1. The molecule has 1 saturated heterocycles. The highest BCUT2D eigenvalue weighted by Gasteiger charge is 2.41. The number of carbonyl (C=O) groups is 1. The van der Waals surface area contributed by atoms with E-state index in [4.69, 9.17) is 0 Å². The molecule has 0 aromatic heterocycles. The number of carbonyl (C=O) groups excluding carboxylic acids is 1. The molecule has 0 aliphatic carbocycles. The van der Waals surface area contributed by atoms with Crippen LogP contribution in [0.2, 0.25) is 0 Å². The molecular formula is C18H23F3N2O2. The first-order chi connectivity index (χ1) is 11.6. The molecule has 2 heterocycles. The summed E-state index contributed by atoms with van der Waals surface area (Å²) in [5.74, 6) is -0.342. The zero-order chi connectivity index (χ0) is 18.5. The Hall–Kier alpha value is -1.60. The van der Waals surface area contributed by atoms with Gasteiger partial charge >= 0.3 is 6.18 Å². The maximum atomic E-state index is 13.6. The van der Waals surface area contributed by atoms with Gasteiger partial charge in [-0.15, -0.1) is 0 Å². The summed E-state index contributed by atoms with van der Waals surface area (Å²) in [6.07, 6.45) is -4.34. The van der Waals surface area contributed by atoms with Crippen molar-refractivity contribution in [3.63, 3.8) is 0 Å². The van der Waals surface area contributed by atoms with Gasteiger partial charge in [-0.1, -0.05) is 0 Å². The molecule has 2 aliphatic heterocycles. The zero-order valence-electron chi connectivity index (χ0n) is 14.6. The van der Waals surface area contributed by atoms with E-state index in [2.05, 4.69) is 0 Å². The summed E-state index contributed by atoms with van der Waals surface area (Å²) in [4.78, 5) is 16.0. The van der Waals surface area contributed by atoms with E-state index < -0.39 is 17.8 Å². The highest BCUT2D eigenvalue weighted by Crippen LogP contribution is 2.40. The fourth-order valence-corrected chi connectivity index (χ4v) is 3.69. The molecule has 1 amide bonds. The fourth-order valence-electron chi connectivity index (χ4n) is 3.69. The van der Waals surface area contributed by atoms with Crippen molar-refractivity contribution in [2.75, 3.05) is 13.1 Å². The predicted molar refractivity (Wildman–Crippen MR) is 87.1 cm³/mol. The number of hydrogen-bond acceptors (Lipinski definition) is 3. The molecule has 3 rings (SSSR count). The Bertz CT molecular complexity index is 688. The van der Waals surface area contributed by atoms with Gasteiger partial charge in [0.15, 0.2) is 0 Å². The van der Waals surface area contributed by atoms with Gasteiger partial charge in [0, 0.05) is 37.3 Å². The van der Waals surface area contributed by atoms with E-state index in [1.807, 2.05) is 11.8 Å². The Morgan fingerprint density at radius 1 is 1.24 bits per heavy atom. The van der Waals surface area contributed by atoms with Crippen molar-refractivity contribution in [2.24, 2.45) is 0 Å². The van der Waals surface area contributed by atoms with E-state index in [9.17, 15) is 23.1 Å². The molecular weight excluding hydrogens is 333 g/mol. The van der Waals surface area contributed by atoms with Crippen LogP contribution in [0.15, 0.2) is 12.1 Å². The minimum Gasteiger partial charge on any atom is -0.392 e. The molecule has 25 heavy (non-hydrogen) atoms. The number of β-amino-alcohol motifs (C(OH)–C–C–N with tert-alkyl or cyclic N) is 1. The van der Waals surface area contributed by atoms with Crippen LogP contribution in [0.5, 0.6) is 0 Å². The average Bonchev–Trinajstić information content (AvgIpc) is 3.09. The van der Waals surface area contributed by atoms with E-state index in [0.717, 1.165) is 0 Å². The summed E-state index contributed by atoms with van der Waals surface area (Å²) in [7, 11) is 0. The van der Waals surface area contributed by atoms with Crippen LogP contribution in [-0.2, 0) is 12.7 Å². The van der Waals surface area contributed by atoms with Gasteiger partial charge in [0.2, 0.25) is 0 Å². The number of hydrogen-bond donors (Lipinski definition) is 1. The van der Waals surface area contributed by atoms with Gasteiger partial charge in [0.25, 0.3) is 5.91 Å². The minimum atomic E-state index is -4.50.